The molecule has 1 atom stereocenters. The van der Waals surface area contributed by atoms with Crippen molar-refractivity contribution in [2.75, 3.05) is 0 Å². The van der Waals surface area contributed by atoms with Crippen molar-refractivity contribution in [3.8, 4) is 5.75 Å². The number of carboxylic acids is 1. The molecule has 0 heterocycles. The summed E-state index contributed by atoms with van der Waals surface area (Å²) in [5.74, 6) is -1.43. The van der Waals surface area contributed by atoms with Crippen LogP contribution in [0.15, 0.2) is 18.2 Å². The molecule has 0 saturated heterocycles. The summed E-state index contributed by atoms with van der Waals surface area (Å²) in [5.41, 5.74) is 0.963. The molecular weight excluding hydrogens is 222 g/mol. The Bertz CT molecular complexity index is 442. The SMILES string of the molecule is CC[C@@H](NC(=O)c1ccc(O)cc1C)C(=O)O. The van der Waals surface area contributed by atoms with E-state index in [1.54, 1.807) is 13.8 Å². The van der Waals surface area contributed by atoms with E-state index in [2.05, 4.69) is 5.32 Å². The number of hydrogen-bond donors (Lipinski definition) is 3. The molecular formula is C12H15NO4. The highest BCUT2D eigenvalue weighted by Gasteiger charge is 2.19. The first-order chi connectivity index (χ1) is 7.95. The maximum Gasteiger partial charge on any atom is 0.326 e. The van der Waals surface area contributed by atoms with Gasteiger partial charge >= 0.3 is 5.97 Å². The average molecular weight is 237 g/mol. The zero-order valence-corrected chi connectivity index (χ0v) is 9.73. The van der Waals surface area contributed by atoms with E-state index in [0.29, 0.717) is 17.5 Å². The Hall–Kier alpha value is -2.04. The minimum atomic E-state index is -1.06. The Labute approximate surface area is 99.1 Å². The number of amides is 1. The lowest BCUT2D eigenvalue weighted by Crippen LogP contribution is -2.40. The highest BCUT2D eigenvalue weighted by molar-refractivity contribution is 5.97. The van der Waals surface area contributed by atoms with Crippen molar-refractivity contribution in [3.63, 3.8) is 0 Å². The Balaban J connectivity index is 2.86. The van der Waals surface area contributed by atoms with Gasteiger partial charge in [-0.05, 0) is 37.1 Å². The van der Waals surface area contributed by atoms with Gasteiger partial charge in [-0.2, -0.15) is 0 Å². The molecule has 1 rings (SSSR count). The van der Waals surface area contributed by atoms with Crippen LogP contribution < -0.4 is 5.32 Å². The topological polar surface area (TPSA) is 86.6 Å². The second-order valence-corrected chi connectivity index (χ2v) is 3.77. The molecule has 3 N–H and O–H groups in total. The first kappa shape index (κ1) is 13.0. The van der Waals surface area contributed by atoms with Gasteiger partial charge in [-0.15, -0.1) is 0 Å². The highest BCUT2D eigenvalue weighted by Crippen LogP contribution is 2.15. The third-order valence-corrected chi connectivity index (χ3v) is 2.47. The molecule has 0 aliphatic heterocycles. The Morgan fingerprint density at radius 2 is 2.06 bits per heavy atom. The lowest BCUT2D eigenvalue weighted by molar-refractivity contribution is -0.139. The fourth-order valence-electron chi connectivity index (χ4n) is 1.48. The molecule has 0 aliphatic carbocycles. The van der Waals surface area contributed by atoms with Gasteiger partial charge in [-0.25, -0.2) is 4.79 Å². The Morgan fingerprint density at radius 1 is 1.41 bits per heavy atom. The van der Waals surface area contributed by atoms with Crippen molar-refractivity contribution in [2.45, 2.75) is 26.3 Å². The third kappa shape index (κ3) is 3.21. The normalized spacial score (nSPS) is 11.9. The fraction of sp³-hybridized carbons (Fsp3) is 0.333. The van der Waals surface area contributed by atoms with E-state index in [1.165, 1.54) is 18.2 Å². The summed E-state index contributed by atoms with van der Waals surface area (Å²) in [6.07, 6.45) is 0.318. The van der Waals surface area contributed by atoms with Crippen LogP contribution in [0.1, 0.15) is 29.3 Å². The minimum absolute atomic E-state index is 0.0735. The van der Waals surface area contributed by atoms with Crippen molar-refractivity contribution in [3.05, 3.63) is 29.3 Å². The molecule has 17 heavy (non-hydrogen) atoms. The molecule has 5 nitrogen and oxygen atoms in total. The summed E-state index contributed by atoms with van der Waals surface area (Å²) in [4.78, 5) is 22.6. The van der Waals surface area contributed by atoms with Crippen LogP contribution in [0.2, 0.25) is 0 Å². The molecule has 92 valence electrons. The number of carbonyl (C=O) groups excluding carboxylic acids is 1. The molecule has 1 aromatic rings. The van der Waals surface area contributed by atoms with E-state index in [9.17, 15) is 14.7 Å². The molecule has 0 saturated carbocycles. The van der Waals surface area contributed by atoms with Crippen molar-refractivity contribution in [1.29, 1.82) is 0 Å². The van der Waals surface area contributed by atoms with Gasteiger partial charge in [0.25, 0.3) is 5.91 Å². The summed E-state index contributed by atoms with van der Waals surface area (Å²) >= 11 is 0. The van der Waals surface area contributed by atoms with Gasteiger partial charge in [0.05, 0.1) is 0 Å². The zero-order valence-electron chi connectivity index (χ0n) is 9.73. The van der Waals surface area contributed by atoms with E-state index in [-0.39, 0.29) is 5.75 Å². The number of phenols is 1. The molecule has 0 aliphatic rings. The van der Waals surface area contributed by atoms with Gasteiger partial charge in [0.2, 0.25) is 0 Å². The zero-order chi connectivity index (χ0) is 13.0. The fourth-order valence-corrected chi connectivity index (χ4v) is 1.48. The van der Waals surface area contributed by atoms with Crippen LogP contribution in [0.25, 0.3) is 0 Å². The van der Waals surface area contributed by atoms with Gasteiger partial charge in [-0.3, -0.25) is 4.79 Å². The van der Waals surface area contributed by atoms with E-state index in [0.717, 1.165) is 0 Å². The smallest absolute Gasteiger partial charge is 0.326 e. The van der Waals surface area contributed by atoms with Gasteiger partial charge in [0.1, 0.15) is 11.8 Å². The lowest BCUT2D eigenvalue weighted by atomic mass is 10.1. The first-order valence-corrected chi connectivity index (χ1v) is 5.29. The van der Waals surface area contributed by atoms with E-state index < -0.39 is 17.9 Å². The largest absolute Gasteiger partial charge is 0.508 e. The Kier molecular flexibility index (Phi) is 4.09. The molecule has 0 spiro atoms. The molecule has 1 amide bonds. The number of carboxylic acid groups (broad SMARTS) is 1. The maximum atomic E-state index is 11.8. The summed E-state index contributed by atoms with van der Waals surface area (Å²) < 4.78 is 0. The maximum absolute atomic E-state index is 11.8. The molecule has 0 fully saturated rings. The van der Waals surface area contributed by atoms with Gasteiger partial charge < -0.3 is 15.5 Å². The number of aliphatic carboxylic acids is 1. The molecule has 0 aromatic heterocycles. The predicted octanol–water partition coefficient (Wildman–Crippen LogP) is 1.29. The van der Waals surface area contributed by atoms with Gasteiger partial charge in [-0.1, -0.05) is 6.92 Å². The molecule has 0 unspecified atom stereocenters. The second kappa shape index (κ2) is 5.34. The third-order valence-electron chi connectivity index (χ3n) is 2.47. The monoisotopic (exact) mass is 237 g/mol. The highest BCUT2D eigenvalue weighted by atomic mass is 16.4. The number of aromatic hydroxyl groups is 1. The second-order valence-electron chi connectivity index (χ2n) is 3.77. The summed E-state index contributed by atoms with van der Waals surface area (Å²) in [6.45, 7) is 3.36. The minimum Gasteiger partial charge on any atom is -0.508 e. The van der Waals surface area contributed by atoms with Crippen LogP contribution in [-0.2, 0) is 4.79 Å². The average Bonchev–Trinajstić information content (AvgIpc) is 2.24. The van der Waals surface area contributed by atoms with Crippen LogP contribution in [0.3, 0.4) is 0 Å². The number of aryl methyl sites for hydroxylation is 1. The quantitative estimate of drug-likeness (QED) is 0.736. The van der Waals surface area contributed by atoms with Crippen LogP contribution in [-0.4, -0.2) is 28.1 Å². The van der Waals surface area contributed by atoms with Crippen LogP contribution in [0.5, 0.6) is 5.75 Å². The molecule has 0 bridgehead atoms. The Morgan fingerprint density at radius 3 is 2.53 bits per heavy atom. The lowest BCUT2D eigenvalue weighted by Gasteiger charge is -2.13. The van der Waals surface area contributed by atoms with Crippen LogP contribution >= 0.6 is 0 Å². The van der Waals surface area contributed by atoms with E-state index in [1.807, 2.05) is 0 Å². The van der Waals surface area contributed by atoms with Crippen molar-refractivity contribution in [1.82, 2.24) is 5.32 Å². The number of rotatable bonds is 4. The van der Waals surface area contributed by atoms with Crippen molar-refractivity contribution < 1.29 is 19.8 Å². The molecule has 5 heteroatoms. The standard InChI is InChI=1S/C12H15NO4/c1-3-10(12(16)17)13-11(15)9-5-4-8(14)6-7(9)2/h4-6,10,14H,3H2,1-2H3,(H,13,15)(H,16,17)/t10-/m1/s1. The number of benzene rings is 1. The number of phenolic OH excluding ortho intramolecular Hbond substituents is 1. The van der Waals surface area contributed by atoms with Crippen LogP contribution in [0.4, 0.5) is 0 Å². The summed E-state index contributed by atoms with van der Waals surface area (Å²) in [5, 5.41) is 20.5. The molecule has 1 aromatic carbocycles. The molecule has 0 radical (unpaired) electrons. The number of hydrogen-bond acceptors (Lipinski definition) is 3. The van der Waals surface area contributed by atoms with E-state index in [4.69, 9.17) is 5.11 Å². The summed E-state index contributed by atoms with van der Waals surface area (Å²) in [6, 6.07) is 3.42. The number of carbonyl (C=O) groups is 2. The van der Waals surface area contributed by atoms with Crippen LogP contribution in [0, 0.1) is 6.92 Å². The first-order valence-electron chi connectivity index (χ1n) is 5.29. The predicted molar refractivity (Wildman–Crippen MR) is 62.0 cm³/mol. The summed E-state index contributed by atoms with van der Waals surface area (Å²) in [7, 11) is 0. The van der Waals surface area contributed by atoms with Gasteiger partial charge in [0.15, 0.2) is 0 Å². The van der Waals surface area contributed by atoms with E-state index >= 15 is 0 Å². The van der Waals surface area contributed by atoms with Crippen molar-refractivity contribution in [2.24, 2.45) is 0 Å². The van der Waals surface area contributed by atoms with Crippen molar-refractivity contribution >= 4 is 11.9 Å². The van der Waals surface area contributed by atoms with Gasteiger partial charge in [0, 0.05) is 5.56 Å². The number of nitrogens with one attached hydrogen (secondary N) is 1.